The Labute approximate surface area is 229 Å². The first kappa shape index (κ1) is 25.9. The van der Waals surface area contributed by atoms with Crippen LogP contribution >= 0.6 is 11.6 Å². The van der Waals surface area contributed by atoms with E-state index in [1.807, 2.05) is 76.2 Å². The van der Waals surface area contributed by atoms with Crippen molar-refractivity contribution < 1.29 is 0 Å². The minimum Gasteiger partial charge on any atom is -0.295 e. The fourth-order valence-corrected chi connectivity index (χ4v) is 4.29. The summed E-state index contributed by atoms with van der Waals surface area (Å²) in [5.74, 6) is 0. The Balaban J connectivity index is 1.42. The zero-order valence-corrected chi connectivity index (χ0v) is 22.7. The molecule has 0 aliphatic rings. The Kier molecular flexibility index (Phi) is 7.04. The summed E-state index contributed by atoms with van der Waals surface area (Å²) in [6.45, 7) is 7.63. The third-order valence-electron chi connectivity index (χ3n) is 6.42. The summed E-state index contributed by atoms with van der Waals surface area (Å²) in [7, 11) is 0. The van der Waals surface area contributed by atoms with Crippen LogP contribution in [-0.2, 0) is 0 Å². The van der Waals surface area contributed by atoms with Crippen molar-refractivity contribution in [2.24, 2.45) is 9.98 Å². The molecule has 0 atom stereocenters. The Morgan fingerprint density at radius 3 is 1.62 bits per heavy atom. The molecule has 39 heavy (non-hydrogen) atoms. The van der Waals surface area contributed by atoms with E-state index < -0.39 is 0 Å². The minimum atomic E-state index is -0.210. The predicted molar refractivity (Wildman–Crippen MR) is 158 cm³/mol. The van der Waals surface area contributed by atoms with E-state index >= 15 is 0 Å². The van der Waals surface area contributed by atoms with E-state index in [0.29, 0.717) is 38.9 Å². The molecule has 0 aliphatic carbocycles. The van der Waals surface area contributed by atoms with Crippen LogP contribution in [0.4, 0.5) is 11.4 Å². The first-order chi connectivity index (χ1) is 18.7. The third-order valence-corrected chi connectivity index (χ3v) is 6.74. The summed E-state index contributed by atoms with van der Waals surface area (Å²) in [4.78, 5) is 35.0. The SMILES string of the molecule is Cc1ccc(-n2[nH]c(C)c(C=Nc3ccc(Cl)c(N=Cc4c(C)[nH]n(-c5ccc(C)cc5)c4=O)c3)c2=O)cc1. The van der Waals surface area contributed by atoms with Crippen LogP contribution in [0.5, 0.6) is 0 Å². The van der Waals surface area contributed by atoms with E-state index in [-0.39, 0.29) is 11.1 Å². The smallest absolute Gasteiger partial charge is 0.280 e. The summed E-state index contributed by atoms with van der Waals surface area (Å²) in [5, 5.41) is 6.62. The Hall–Kier alpha value is -4.69. The maximum atomic E-state index is 13.0. The highest BCUT2D eigenvalue weighted by Crippen LogP contribution is 2.29. The van der Waals surface area contributed by atoms with Crippen LogP contribution in [-0.4, -0.2) is 32.0 Å². The van der Waals surface area contributed by atoms with Gasteiger partial charge in [0.2, 0.25) is 0 Å². The van der Waals surface area contributed by atoms with Gasteiger partial charge in [0.1, 0.15) is 0 Å². The average Bonchev–Trinajstić information content (AvgIpc) is 3.37. The van der Waals surface area contributed by atoms with Crippen LogP contribution in [0.25, 0.3) is 11.4 Å². The van der Waals surface area contributed by atoms with E-state index in [4.69, 9.17) is 11.6 Å². The number of nitrogens with zero attached hydrogens (tertiary/aromatic N) is 4. The van der Waals surface area contributed by atoms with Crippen LogP contribution in [0.2, 0.25) is 5.02 Å². The van der Waals surface area contributed by atoms with Crippen molar-refractivity contribution in [1.29, 1.82) is 0 Å². The van der Waals surface area contributed by atoms with Crippen molar-refractivity contribution >= 4 is 35.4 Å². The molecule has 0 unspecified atom stereocenters. The molecule has 8 nitrogen and oxygen atoms in total. The van der Waals surface area contributed by atoms with Crippen molar-refractivity contribution in [3.8, 4) is 11.4 Å². The lowest BCUT2D eigenvalue weighted by molar-refractivity contribution is 0.835. The van der Waals surface area contributed by atoms with Crippen LogP contribution in [0.1, 0.15) is 33.6 Å². The van der Waals surface area contributed by atoms with Crippen LogP contribution < -0.4 is 11.1 Å². The number of halogens is 1. The third kappa shape index (κ3) is 5.32. The molecule has 0 spiro atoms. The monoisotopic (exact) mass is 538 g/mol. The summed E-state index contributed by atoms with van der Waals surface area (Å²) >= 11 is 6.39. The van der Waals surface area contributed by atoms with Crippen molar-refractivity contribution in [1.82, 2.24) is 19.6 Å². The largest absolute Gasteiger partial charge is 0.295 e. The molecule has 0 radical (unpaired) electrons. The summed E-state index contributed by atoms with van der Waals surface area (Å²) < 4.78 is 2.98. The molecule has 0 fully saturated rings. The number of H-pyrrole nitrogens is 2. The molecule has 196 valence electrons. The van der Waals surface area contributed by atoms with Gasteiger partial charge in [-0.15, -0.1) is 0 Å². The number of hydrogen-bond donors (Lipinski definition) is 2. The zero-order valence-electron chi connectivity index (χ0n) is 22.0. The van der Waals surface area contributed by atoms with Gasteiger partial charge in [-0.3, -0.25) is 29.8 Å². The molecule has 2 N–H and O–H groups in total. The Bertz CT molecular complexity index is 1830. The van der Waals surface area contributed by atoms with E-state index in [0.717, 1.165) is 22.5 Å². The maximum absolute atomic E-state index is 13.0. The molecule has 2 heterocycles. The molecular weight excluding hydrogens is 512 g/mol. The normalized spacial score (nSPS) is 11.7. The molecule has 0 saturated heterocycles. The molecule has 0 bridgehead atoms. The molecule has 2 aromatic heterocycles. The Morgan fingerprint density at radius 2 is 1.13 bits per heavy atom. The molecular formula is C30H27ClN6O2. The second-order valence-corrected chi connectivity index (χ2v) is 9.81. The standard InChI is InChI=1S/C30H27ClN6O2/c1-18-5-10-23(11-6-18)36-29(38)25(20(3)34-36)16-32-22-9-14-27(31)28(15-22)33-17-26-21(4)35-37(30(26)39)24-12-7-19(2)8-13-24/h5-17,34-35H,1-4H3. The second-order valence-electron chi connectivity index (χ2n) is 9.41. The number of aliphatic imine (C=N–C) groups is 2. The molecule has 9 heteroatoms. The van der Waals surface area contributed by atoms with Gasteiger partial charge in [0.05, 0.1) is 38.9 Å². The maximum Gasteiger partial charge on any atom is 0.280 e. The van der Waals surface area contributed by atoms with E-state index in [1.165, 1.54) is 21.8 Å². The number of aryl methyl sites for hydroxylation is 4. The lowest BCUT2D eigenvalue weighted by atomic mass is 10.2. The highest BCUT2D eigenvalue weighted by atomic mass is 35.5. The van der Waals surface area contributed by atoms with Crippen LogP contribution in [0, 0.1) is 27.7 Å². The lowest BCUT2D eigenvalue weighted by Crippen LogP contribution is -2.17. The van der Waals surface area contributed by atoms with Crippen LogP contribution in [0.15, 0.2) is 86.3 Å². The second kappa shape index (κ2) is 10.6. The average molecular weight is 539 g/mol. The van der Waals surface area contributed by atoms with Gasteiger partial charge in [0.25, 0.3) is 11.1 Å². The number of aromatic nitrogens is 4. The number of nitrogens with one attached hydrogen (secondary N) is 2. The Morgan fingerprint density at radius 1 is 0.667 bits per heavy atom. The van der Waals surface area contributed by atoms with Gasteiger partial charge in [-0.05, 0) is 70.2 Å². The van der Waals surface area contributed by atoms with Crippen molar-refractivity contribution in [3.63, 3.8) is 0 Å². The quantitative estimate of drug-likeness (QED) is 0.258. The number of aromatic amines is 2. The van der Waals surface area contributed by atoms with E-state index in [2.05, 4.69) is 20.2 Å². The highest BCUT2D eigenvalue weighted by molar-refractivity contribution is 6.33. The van der Waals surface area contributed by atoms with Gasteiger partial charge in [-0.1, -0.05) is 47.0 Å². The number of benzene rings is 3. The fourth-order valence-electron chi connectivity index (χ4n) is 4.13. The van der Waals surface area contributed by atoms with Gasteiger partial charge < -0.3 is 0 Å². The van der Waals surface area contributed by atoms with Crippen molar-refractivity contribution in [2.45, 2.75) is 27.7 Å². The molecule has 0 saturated carbocycles. The first-order valence-electron chi connectivity index (χ1n) is 12.4. The van der Waals surface area contributed by atoms with Crippen LogP contribution in [0.3, 0.4) is 0 Å². The first-order valence-corrected chi connectivity index (χ1v) is 12.7. The molecule has 5 aromatic rings. The molecule has 0 amide bonds. The number of rotatable bonds is 6. The topological polar surface area (TPSA) is 100 Å². The van der Waals surface area contributed by atoms with Gasteiger partial charge in [-0.2, -0.15) is 0 Å². The van der Waals surface area contributed by atoms with E-state index in [1.54, 1.807) is 18.2 Å². The van der Waals surface area contributed by atoms with Gasteiger partial charge in [0, 0.05) is 23.8 Å². The van der Waals surface area contributed by atoms with E-state index in [9.17, 15) is 9.59 Å². The van der Waals surface area contributed by atoms with Gasteiger partial charge in [-0.25, -0.2) is 9.36 Å². The molecule has 0 aliphatic heterocycles. The van der Waals surface area contributed by atoms with Crippen molar-refractivity contribution in [2.75, 3.05) is 0 Å². The highest BCUT2D eigenvalue weighted by Gasteiger charge is 2.12. The summed E-state index contributed by atoms with van der Waals surface area (Å²) in [5.41, 5.74) is 6.59. The van der Waals surface area contributed by atoms with Gasteiger partial charge >= 0.3 is 0 Å². The minimum absolute atomic E-state index is 0.194. The fraction of sp³-hybridized carbons (Fsp3) is 0.133. The van der Waals surface area contributed by atoms with Crippen molar-refractivity contribution in [3.05, 3.63) is 126 Å². The summed E-state index contributed by atoms with van der Waals surface area (Å²) in [6, 6.07) is 20.5. The number of hydrogen-bond acceptors (Lipinski definition) is 4. The van der Waals surface area contributed by atoms with Gasteiger partial charge in [0.15, 0.2) is 0 Å². The zero-order chi connectivity index (χ0) is 27.7. The lowest BCUT2D eigenvalue weighted by Gasteiger charge is -2.01. The molecule has 5 rings (SSSR count). The molecule has 3 aromatic carbocycles. The predicted octanol–water partition coefficient (Wildman–Crippen LogP) is 6.03. The summed E-state index contributed by atoms with van der Waals surface area (Å²) in [6.07, 6.45) is 3.04.